The highest BCUT2D eigenvalue weighted by Gasteiger charge is 2.11. The average molecular weight is 199 g/mol. The van der Waals surface area contributed by atoms with E-state index >= 15 is 0 Å². The molecule has 0 bridgehead atoms. The van der Waals surface area contributed by atoms with Gasteiger partial charge in [0.05, 0.1) is 0 Å². The zero-order valence-corrected chi connectivity index (χ0v) is 8.96. The molecule has 0 aliphatic carbocycles. The highest BCUT2D eigenvalue weighted by Crippen LogP contribution is 2.05. The number of amides is 1. The fraction of sp³-hybridized carbons (Fsp3) is 0.900. The van der Waals surface area contributed by atoms with Crippen molar-refractivity contribution in [2.24, 2.45) is 5.73 Å². The summed E-state index contributed by atoms with van der Waals surface area (Å²) in [6.07, 6.45) is 3.03. The lowest BCUT2D eigenvalue weighted by molar-refractivity contribution is -0.121. The van der Waals surface area contributed by atoms with Gasteiger partial charge in [-0.1, -0.05) is 0 Å². The molecule has 0 aromatic carbocycles. The van der Waals surface area contributed by atoms with Gasteiger partial charge >= 0.3 is 0 Å². The molecular formula is C10H21N3O. The molecule has 82 valence electrons. The van der Waals surface area contributed by atoms with Gasteiger partial charge in [-0.2, -0.15) is 0 Å². The summed E-state index contributed by atoms with van der Waals surface area (Å²) in [4.78, 5) is 13.6. The molecule has 0 radical (unpaired) electrons. The smallest absolute Gasteiger partial charge is 0.221 e. The van der Waals surface area contributed by atoms with Crippen molar-refractivity contribution in [3.8, 4) is 0 Å². The molecule has 1 atom stereocenters. The maximum absolute atomic E-state index is 11.2. The lowest BCUT2D eigenvalue weighted by Crippen LogP contribution is -2.35. The molecule has 1 aliphatic heterocycles. The SMILES string of the molecule is CC(N)CC(=O)NCCN1CCCC1. The summed E-state index contributed by atoms with van der Waals surface area (Å²) in [5.74, 6) is 0.0687. The number of rotatable bonds is 5. The molecule has 1 unspecified atom stereocenters. The van der Waals surface area contributed by atoms with Crippen molar-refractivity contribution in [3.63, 3.8) is 0 Å². The molecule has 0 saturated carbocycles. The van der Waals surface area contributed by atoms with Crippen LogP contribution < -0.4 is 11.1 Å². The second-order valence-electron chi connectivity index (χ2n) is 4.08. The summed E-state index contributed by atoms with van der Waals surface area (Å²) in [5, 5.41) is 2.88. The van der Waals surface area contributed by atoms with E-state index in [0.717, 1.165) is 13.1 Å². The van der Waals surface area contributed by atoms with Gasteiger partial charge in [0, 0.05) is 25.6 Å². The quantitative estimate of drug-likeness (QED) is 0.652. The van der Waals surface area contributed by atoms with E-state index in [0.29, 0.717) is 6.42 Å². The average Bonchev–Trinajstić information content (AvgIpc) is 2.55. The van der Waals surface area contributed by atoms with Crippen molar-refractivity contribution in [1.29, 1.82) is 0 Å². The first-order chi connectivity index (χ1) is 6.68. The van der Waals surface area contributed by atoms with Gasteiger partial charge in [-0.15, -0.1) is 0 Å². The van der Waals surface area contributed by atoms with E-state index in [2.05, 4.69) is 10.2 Å². The van der Waals surface area contributed by atoms with Crippen LogP contribution in [0.3, 0.4) is 0 Å². The molecule has 1 rings (SSSR count). The third kappa shape index (κ3) is 4.58. The predicted octanol–water partition coefficient (Wildman–Crippen LogP) is -0.0643. The van der Waals surface area contributed by atoms with Crippen molar-refractivity contribution < 1.29 is 4.79 Å². The molecule has 14 heavy (non-hydrogen) atoms. The van der Waals surface area contributed by atoms with Crippen molar-refractivity contribution >= 4 is 5.91 Å². The molecule has 0 aromatic heterocycles. The summed E-state index contributed by atoms with van der Waals surface area (Å²) < 4.78 is 0. The van der Waals surface area contributed by atoms with Gasteiger partial charge in [-0.05, 0) is 32.9 Å². The van der Waals surface area contributed by atoms with Crippen LogP contribution in [0.2, 0.25) is 0 Å². The summed E-state index contributed by atoms with van der Waals surface area (Å²) >= 11 is 0. The number of nitrogens with two attached hydrogens (primary N) is 1. The molecule has 3 N–H and O–H groups in total. The fourth-order valence-corrected chi connectivity index (χ4v) is 1.72. The van der Waals surface area contributed by atoms with Crippen molar-refractivity contribution in [2.75, 3.05) is 26.2 Å². The first-order valence-electron chi connectivity index (χ1n) is 5.43. The second-order valence-corrected chi connectivity index (χ2v) is 4.08. The summed E-state index contributed by atoms with van der Waals surface area (Å²) in [5.41, 5.74) is 5.52. The monoisotopic (exact) mass is 199 g/mol. The van der Waals surface area contributed by atoms with Gasteiger partial charge in [0.15, 0.2) is 0 Å². The normalized spacial score (nSPS) is 19.6. The number of nitrogens with zero attached hydrogens (tertiary/aromatic N) is 1. The van der Waals surface area contributed by atoms with Gasteiger partial charge in [0.25, 0.3) is 0 Å². The van der Waals surface area contributed by atoms with Gasteiger partial charge < -0.3 is 16.0 Å². The molecule has 0 aromatic rings. The van der Waals surface area contributed by atoms with Crippen molar-refractivity contribution in [1.82, 2.24) is 10.2 Å². The Kier molecular flexibility index (Phi) is 4.90. The Hall–Kier alpha value is -0.610. The van der Waals surface area contributed by atoms with Crippen LogP contribution in [0.15, 0.2) is 0 Å². The van der Waals surface area contributed by atoms with Crippen LogP contribution in [0.1, 0.15) is 26.2 Å². The predicted molar refractivity (Wildman–Crippen MR) is 57.0 cm³/mol. The minimum Gasteiger partial charge on any atom is -0.355 e. The maximum Gasteiger partial charge on any atom is 0.221 e. The zero-order chi connectivity index (χ0) is 10.4. The highest BCUT2D eigenvalue weighted by atomic mass is 16.1. The van der Waals surface area contributed by atoms with E-state index in [1.54, 1.807) is 0 Å². The van der Waals surface area contributed by atoms with E-state index in [1.807, 2.05) is 6.92 Å². The molecule has 1 heterocycles. The van der Waals surface area contributed by atoms with Crippen LogP contribution in [0, 0.1) is 0 Å². The number of hydrogen-bond acceptors (Lipinski definition) is 3. The summed E-state index contributed by atoms with van der Waals surface area (Å²) in [6, 6.07) is -0.0400. The van der Waals surface area contributed by atoms with E-state index < -0.39 is 0 Å². The van der Waals surface area contributed by atoms with Crippen LogP contribution in [0.4, 0.5) is 0 Å². The van der Waals surface area contributed by atoms with Crippen molar-refractivity contribution in [3.05, 3.63) is 0 Å². The van der Waals surface area contributed by atoms with Gasteiger partial charge in [0.1, 0.15) is 0 Å². The fourth-order valence-electron chi connectivity index (χ4n) is 1.72. The largest absolute Gasteiger partial charge is 0.355 e. The molecule has 1 amide bonds. The van der Waals surface area contributed by atoms with Gasteiger partial charge in [0.2, 0.25) is 5.91 Å². The Bertz CT molecular complexity index is 176. The number of likely N-dealkylation sites (tertiary alicyclic amines) is 1. The number of nitrogens with one attached hydrogen (secondary N) is 1. The third-order valence-corrected chi connectivity index (χ3v) is 2.46. The Morgan fingerprint density at radius 1 is 1.50 bits per heavy atom. The van der Waals surface area contributed by atoms with Crippen LogP contribution >= 0.6 is 0 Å². The minimum atomic E-state index is -0.0400. The zero-order valence-electron chi connectivity index (χ0n) is 8.96. The molecule has 1 aliphatic rings. The van der Waals surface area contributed by atoms with Gasteiger partial charge in [-0.25, -0.2) is 0 Å². The summed E-state index contributed by atoms with van der Waals surface area (Å²) in [7, 11) is 0. The number of carbonyl (C=O) groups excluding carboxylic acids is 1. The minimum absolute atomic E-state index is 0.0400. The summed E-state index contributed by atoms with van der Waals surface area (Å²) in [6.45, 7) is 5.95. The molecule has 1 fully saturated rings. The molecular weight excluding hydrogens is 178 g/mol. The highest BCUT2D eigenvalue weighted by molar-refractivity contribution is 5.76. The number of hydrogen-bond donors (Lipinski definition) is 2. The Labute approximate surface area is 85.8 Å². The second kappa shape index (κ2) is 5.98. The van der Waals surface area contributed by atoms with Crippen LogP contribution in [-0.4, -0.2) is 43.0 Å². The molecule has 1 saturated heterocycles. The number of carbonyl (C=O) groups is 1. The molecule has 0 spiro atoms. The topological polar surface area (TPSA) is 58.4 Å². The van der Waals surface area contributed by atoms with E-state index in [4.69, 9.17) is 5.73 Å². The Morgan fingerprint density at radius 3 is 2.71 bits per heavy atom. The standard InChI is InChI=1S/C10H21N3O/c1-9(11)8-10(14)12-4-7-13-5-2-3-6-13/h9H,2-8,11H2,1H3,(H,12,14). The molecule has 4 heteroatoms. The first kappa shape index (κ1) is 11.5. The molecule has 4 nitrogen and oxygen atoms in total. The van der Waals surface area contributed by atoms with Crippen LogP contribution in [0.25, 0.3) is 0 Å². The first-order valence-corrected chi connectivity index (χ1v) is 5.43. The van der Waals surface area contributed by atoms with E-state index in [-0.39, 0.29) is 11.9 Å². The van der Waals surface area contributed by atoms with Crippen LogP contribution in [-0.2, 0) is 4.79 Å². The van der Waals surface area contributed by atoms with Crippen molar-refractivity contribution in [2.45, 2.75) is 32.2 Å². The maximum atomic E-state index is 11.2. The van der Waals surface area contributed by atoms with Crippen LogP contribution in [0.5, 0.6) is 0 Å². The van der Waals surface area contributed by atoms with E-state index in [1.165, 1.54) is 25.9 Å². The Balaban J connectivity index is 1.99. The lowest BCUT2D eigenvalue weighted by atomic mass is 10.2. The third-order valence-electron chi connectivity index (χ3n) is 2.46. The Morgan fingerprint density at radius 2 is 2.14 bits per heavy atom. The lowest BCUT2D eigenvalue weighted by Gasteiger charge is -2.14. The van der Waals surface area contributed by atoms with E-state index in [9.17, 15) is 4.79 Å². The van der Waals surface area contributed by atoms with Gasteiger partial charge in [-0.3, -0.25) is 4.79 Å².